The summed E-state index contributed by atoms with van der Waals surface area (Å²) in [6.07, 6.45) is 3.63. The highest BCUT2D eigenvalue weighted by molar-refractivity contribution is 5.41. The molecule has 2 aromatic rings. The van der Waals surface area contributed by atoms with E-state index >= 15 is 0 Å². The summed E-state index contributed by atoms with van der Waals surface area (Å²) >= 11 is 0. The predicted molar refractivity (Wildman–Crippen MR) is 70.2 cm³/mol. The summed E-state index contributed by atoms with van der Waals surface area (Å²) in [4.78, 5) is 3.73. The summed E-state index contributed by atoms with van der Waals surface area (Å²) in [5, 5.41) is 11.9. The standard InChI is InChI=1S/C14H14F2N4/c1-2-3-18-9-10-6-11(15)14(12(16)7-10)20-5-4-19-13(20)8-17/h4-7,18H,2-3,9H2,1H3. The third-order valence-electron chi connectivity index (χ3n) is 2.81. The molecule has 1 aromatic heterocycles. The van der Waals surface area contributed by atoms with Gasteiger partial charge in [0.2, 0.25) is 5.82 Å². The number of hydrogen-bond acceptors (Lipinski definition) is 3. The molecule has 2 rings (SSSR count). The highest BCUT2D eigenvalue weighted by Gasteiger charge is 2.15. The van der Waals surface area contributed by atoms with Crippen LogP contribution in [0.3, 0.4) is 0 Å². The molecule has 6 heteroatoms. The Hall–Kier alpha value is -2.26. The van der Waals surface area contributed by atoms with Gasteiger partial charge in [0.25, 0.3) is 0 Å². The van der Waals surface area contributed by atoms with Gasteiger partial charge in [-0.15, -0.1) is 0 Å². The Balaban J connectivity index is 2.35. The van der Waals surface area contributed by atoms with Crippen molar-refractivity contribution in [1.29, 1.82) is 5.26 Å². The Labute approximate surface area is 115 Å². The topological polar surface area (TPSA) is 53.6 Å². The molecule has 0 amide bonds. The first-order valence-electron chi connectivity index (χ1n) is 6.29. The number of imidazole rings is 1. The highest BCUT2D eigenvalue weighted by atomic mass is 19.1. The first kappa shape index (κ1) is 14.2. The fourth-order valence-electron chi connectivity index (χ4n) is 1.93. The van der Waals surface area contributed by atoms with Crippen LogP contribution in [0.4, 0.5) is 8.78 Å². The minimum absolute atomic E-state index is 0.0559. The van der Waals surface area contributed by atoms with Gasteiger partial charge in [0.05, 0.1) is 0 Å². The number of aromatic nitrogens is 2. The van der Waals surface area contributed by atoms with E-state index in [0.717, 1.165) is 17.5 Å². The Bertz CT molecular complexity index is 620. The Morgan fingerprint density at radius 1 is 1.35 bits per heavy atom. The van der Waals surface area contributed by atoms with Crippen molar-refractivity contribution in [3.05, 3.63) is 47.5 Å². The van der Waals surface area contributed by atoms with Gasteiger partial charge in [-0.05, 0) is 30.7 Å². The number of nitrogens with zero attached hydrogens (tertiary/aromatic N) is 3. The summed E-state index contributed by atoms with van der Waals surface area (Å²) in [6.45, 7) is 3.20. The van der Waals surface area contributed by atoms with Gasteiger partial charge in [-0.2, -0.15) is 5.26 Å². The van der Waals surface area contributed by atoms with Gasteiger partial charge in [0, 0.05) is 18.9 Å². The largest absolute Gasteiger partial charge is 0.313 e. The van der Waals surface area contributed by atoms with E-state index in [4.69, 9.17) is 5.26 Å². The molecule has 0 aliphatic carbocycles. The lowest BCUT2D eigenvalue weighted by Gasteiger charge is -2.10. The number of hydrogen-bond donors (Lipinski definition) is 1. The lowest BCUT2D eigenvalue weighted by molar-refractivity contribution is 0.561. The molecular weight excluding hydrogens is 262 g/mol. The summed E-state index contributed by atoms with van der Waals surface area (Å²) in [6, 6.07) is 4.32. The molecule has 0 radical (unpaired) electrons. The smallest absolute Gasteiger partial charge is 0.217 e. The van der Waals surface area contributed by atoms with Crippen molar-refractivity contribution in [3.63, 3.8) is 0 Å². The van der Waals surface area contributed by atoms with Gasteiger partial charge in [-0.1, -0.05) is 6.92 Å². The van der Waals surface area contributed by atoms with Crippen LogP contribution in [0.5, 0.6) is 0 Å². The first-order valence-corrected chi connectivity index (χ1v) is 6.29. The first-order chi connectivity index (χ1) is 9.67. The average molecular weight is 276 g/mol. The Morgan fingerprint density at radius 3 is 2.65 bits per heavy atom. The summed E-state index contributed by atoms with van der Waals surface area (Å²) in [7, 11) is 0. The lowest BCUT2D eigenvalue weighted by atomic mass is 10.1. The summed E-state index contributed by atoms with van der Waals surface area (Å²) < 4.78 is 29.3. The van der Waals surface area contributed by atoms with Crippen molar-refractivity contribution in [3.8, 4) is 11.8 Å². The number of benzene rings is 1. The van der Waals surface area contributed by atoms with Crippen LogP contribution in [-0.2, 0) is 6.54 Å². The molecule has 1 aromatic carbocycles. The maximum absolute atomic E-state index is 14.1. The van der Waals surface area contributed by atoms with Crippen molar-refractivity contribution in [2.45, 2.75) is 19.9 Å². The molecule has 0 aliphatic heterocycles. The molecule has 104 valence electrons. The zero-order valence-electron chi connectivity index (χ0n) is 11.0. The zero-order valence-corrected chi connectivity index (χ0v) is 11.0. The number of halogens is 2. The van der Waals surface area contributed by atoms with Crippen molar-refractivity contribution in [2.75, 3.05) is 6.54 Å². The van der Waals surface area contributed by atoms with E-state index in [1.165, 1.54) is 24.5 Å². The molecule has 4 nitrogen and oxygen atoms in total. The molecule has 0 fully saturated rings. The van der Waals surface area contributed by atoms with E-state index in [9.17, 15) is 8.78 Å². The number of nitriles is 1. The third-order valence-corrected chi connectivity index (χ3v) is 2.81. The highest BCUT2D eigenvalue weighted by Crippen LogP contribution is 2.21. The van der Waals surface area contributed by atoms with Gasteiger partial charge in [0.1, 0.15) is 11.8 Å². The van der Waals surface area contributed by atoms with E-state index in [-0.39, 0.29) is 11.5 Å². The van der Waals surface area contributed by atoms with Crippen molar-refractivity contribution < 1.29 is 8.78 Å². The third kappa shape index (κ3) is 2.83. The average Bonchev–Trinajstić information content (AvgIpc) is 2.86. The van der Waals surface area contributed by atoms with Crippen molar-refractivity contribution in [1.82, 2.24) is 14.9 Å². The SMILES string of the molecule is CCCNCc1cc(F)c(-n2ccnc2C#N)c(F)c1. The van der Waals surface area contributed by atoms with Crippen LogP contribution in [0.1, 0.15) is 24.7 Å². The molecule has 0 bridgehead atoms. The van der Waals surface area contributed by atoms with Gasteiger partial charge >= 0.3 is 0 Å². The predicted octanol–water partition coefficient (Wildman–Crippen LogP) is 2.52. The fourth-order valence-corrected chi connectivity index (χ4v) is 1.93. The molecule has 20 heavy (non-hydrogen) atoms. The molecule has 0 aliphatic rings. The van der Waals surface area contributed by atoms with Crippen LogP contribution in [0, 0.1) is 23.0 Å². The molecule has 0 unspecified atom stereocenters. The molecule has 0 saturated heterocycles. The lowest BCUT2D eigenvalue weighted by Crippen LogP contribution is -2.14. The summed E-state index contributed by atoms with van der Waals surface area (Å²) in [5.41, 5.74) is 0.245. The Kier molecular flexibility index (Phi) is 4.43. The van der Waals surface area contributed by atoms with Gasteiger partial charge in [-0.3, -0.25) is 4.57 Å². The van der Waals surface area contributed by atoms with Crippen LogP contribution in [0.15, 0.2) is 24.5 Å². The monoisotopic (exact) mass is 276 g/mol. The van der Waals surface area contributed by atoms with E-state index in [2.05, 4.69) is 10.3 Å². The Morgan fingerprint density at radius 2 is 2.05 bits per heavy atom. The fraction of sp³-hybridized carbons (Fsp3) is 0.286. The molecule has 0 saturated carbocycles. The van der Waals surface area contributed by atoms with E-state index in [1.807, 2.05) is 6.92 Å². The second-order valence-electron chi connectivity index (χ2n) is 4.32. The molecular formula is C14H14F2N4. The maximum atomic E-state index is 14.1. The van der Waals surface area contributed by atoms with Gasteiger partial charge in [0.15, 0.2) is 11.6 Å². The minimum Gasteiger partial charge on any atom is -0.313 e. The van der Waals surface area contributed by atoms with Crippen LogP contribution < -0.4 is 5.32 Å². The van der Waals surface area contributed by atoms with Crippen molar-refractivity contribution in [2.24, 2.45) is 0 Å². The number of rotatable bonds is 5. The number of nitrogens with one attached hydrogen (secondary N) is 1. The van der Waals surface area contributed by atoms with E-state index in [0.29, 0.717) is 12.1 Å². The molecule has 1 heterocycles. The minimum atomic E-state index is -0.715. The van der Waals surface area contributed by atoms with Gasteiger partial charge in [-0.25, -0.2) is 13.8 Å². The van der Waals surface area contributed by atoms with Crippen LogP contribution in [0.2, 0.25) is 0 Å². The van der Waals surface area contributed by atoms with Crippen LogP contribution in [0.25, 0.3) is 5.69 Å². The van der Waals surface area contributed by atoms with E-state index < -0.39 is 11.6 Å². The van der Waals surface area contributed by atoms with Crippen LogP contribution in [-0.4, -0.2) is 16.1 Å². The molecule has 1 N–H and O–H groups in total. The second-order valence-corrected chi connectivity index (χ2v) is 4.32. The quantitative estimate of drug-likeness (QED) is 0.854. The van der Waals surface area contributed by atoms with Crippen molar-refractivity contribution >= 4 is 0 Å². The second kappa shape index (κ2) is 6.26. The summed E-state index contributed by atoms with van der Waals surface area (Å²) in [5.74, 6) is -1.49. The molecule has 0 spiro atoms. The maximum Gasteiger partial charge on any atom is 0.217 e. The normalized spacial score (nSPS) is 10.5. The van der Waals surface area contributed by atoms with Crippen LogP contribution >= 0.6 is 0 Å². The van der Waals surface area contributed by atoms with E-state index in [1.54, 1.807) is 6.07 Å². The zero-order chi connectivity index (χ0) is 14.5. The van der Waals surface area contributed by atoms with Gasteiger partial charge < -0.3 is 5.32 Å². The molecule has 0 atom stereocenters.